The monoisotopic (exact) mass is 308 g/mol. The van der Waals surface area contributed by atoms with Crippen LogP contribution in [0.2, 0.25) is 0 Å². The van der Waals surface area contributed by atoms with E-state index in [1.165, 1.54) is 0 Å². The van der Waals surface area contributed by atoms with E-state index in [1.807, 2.05) is 23.1 Å². The van der Waals surface area contributed by atoms with Crippen molar-refractivity contribution in [3.8, 4) is 11.5 Å². The molecule has 122 valence electrons. The molecular weight excluding hydrogens is 284 g/mol. The van der Waals surface area contributed by atoms with Crippen molar-refractivity contribution in [2.45, 2.75) is 24.9 Å². The molecule has 22 heavy (non-hydrogen) atoms. The van der Waals surface area contributed by atoms with Gasteiger partial charge in [0.15, 0.2) is 0 Å². The number of likely N-dealkylation sites (tertiary alicyclic amines) is 1. The minimum absolute atomic E-state index is 0.0680. The van der Waals surface area contributed by atoms with Gasteiger partial charge in [0.2, 0.25) is 5.91 Å². The predicted octanol–water partition coefficient (Wildman–Crippen LogP) is 1.34. The lowest BCUT2D eigenvalue weighted by Crippen LogP contribution is -2.34. The van der Waals surface area contributed by atoms with Gasteiger partial charge in [-0.25, -0.2) is 0 Å². The van der Waals surface area contributed by atoms with Crippen LogP contribution in [0.15, 0.2) is 18.2 Å². The Labute approximate surface area is 131 Å². The molecule has 2 N–H and O–H groups in total. The average Bonchev–Trinajstić information content (AvgIpc) is 2.80. The minimum atomic E-state index is -0.254. The molecule has 0 aromatic heterocycles. The number of nitrogens with two attached hydrogens (primary N) is 1. The molecule has 0 bridgehead atoms. The number of nitrogens with zero attached hydrogens (tertiary/aromatic N) is 1. The topological polar surface area (TPSA) is 74.0 Å². The van der Waals surface area contributed by atoms with Crippen LogP contribution in [0.3, 0.4) is 0 Å². The van der Waals surface area contributed by atoms with E-state index >= 15 is 0 Å². The van der Waals surface area contributed by atoms with Gasteiger partial charge in [-0.2, -0.15) is 0 Å². The highest BCUT2D eigenvalue weighted by Gasteiger charge is 2.39. The van der Waals surface area contributed by atoms with Crippen molar-refractivity contribution in [3.63, 3.8) is 0 Å². The van der Waals surface area contributed by atoms with Gasteiger partial charge in [-0.15, -0.1) is 0 Å². The van der Waals surface area contributed by atoms with Crippen LogP contribution in [0.5, 0.6) is 11.5 Å². The Morgan fingerprint density at radius 1 is 1.27 bits per heavy atom. The van der Waals surface area contributed by atoms with Crippen LogP contribution in [-0.4, -0.2) is 51.3 Å². The van der Waals surface area contributed by atoms with E-state index < -0.39 is 0 Å². The van der Waals surface area contributed by atoms with Gasteiger partial charge in [0, 0.05) is 38.3 Å². The highest BCUT2D eigenvalue weighted by Crippen LogP contribution is 2.38. The summed E-state index contributed by atoms with van der Waals surface area (Å²) in [5, 5.41) is 0. The van der Waals surface area contributed by atoms with Crippen LogP contribution in [0.1, 0.15) is 24.4 Å². The molecule has 1 aliphatic heterocycles. The summed E-state index contributed by atoms with van der Waals surface area (Å²) < 4.78 is 15.8. The molecule has 2 rings (SSSR count). The van der Waals surface area contributed by atoms with Crippen molar-refractivity contribution in [1.82, 2.24) is 4.90 Å². The predicted molar refractivity (Wildman–Crippen MR) is 83.1 cm³/mol. The molecule has 6 nitrogen and oxygen atoms in total. The van der Waals surface area contributed by atoms with Crippen LogP contribution < -0.4 is 15.2 Å². The van der Waals surface area contributed by atoms with Crippen molar-refractivity contribution in [3.05, 3.63) is 23.8 Å². The first kappa shape index (κ1) is 16.6. The van der Waals surface area contributed by atoms with Crippen molar-refractivity contribution in [2.75, 3.05) is 34.5 Å². The van der Waals surface area contributed by atoms with Gasteiger partial charge < -0.3 is 24.8 Å². The Bertz CT molecular complexity index is 521. The summed E-state index contributed by atoms with van der Waals surface area (Å²) in [5.41, 5.74) is 7.11. The summed E-state index contributed by atoms with van der Waals surface area (Å²) in [6.45, 7) is 1.23. The quantitative estimate of drug-likeness (QED) is 0.770. The standard InChI is InChI=1S/C16H24N2O4/c1-20-8-4-7-18-15(19)10-13(17)16(18)12-9-11(21-2)5-6-14(12)22-3/h5-6,9,13,16H,4,7-8,10,17H2,1-3H3. The molecule has 1 aromatic rings. The van der Waals surface area contributed by atoms with Gasteiger partial charge in [0.05, 0.1) is 20.3 Å². The zero-order chi connectivity index (χ0) is 16.1. The Balaban J connectivity index is 2.32. The Kier molecular flexibility index (Phi) is 5.63. The molecule has 0 aliphatic carbocycles. The molecule has 1 fully saturated rings. The van der Waals surface area contributed by atoms with Crippen LogP contribution in [0.4, 0.5) is 0 Å². The zero-order valence-corrected chi connectivity index (χ0v) is 13.4. The number of carbonyl (C=O) groups is 1. The van der Waals surface area contributed by atoms with Crippen LogP contribution in [0.25, 0.3) is 0 Å². The normalized spacial score (nSPS) is 21.3. The third-order valence-electron chi connectivity index (χ3n) is 3.97. The summed E-state index contributed by atoms with van der Waals surface area (Å²) in [6, 6.07) is 5.12. The molecule has 1 aromatic carbocycles. The van der Waals surface area contributed by atoms with Crippen molar-refractivity contribution < 1.29 is 19.0 Å². The van der Waals surface area contributed by atoms with E-state index in [9.17, 15) is 4.79 Å². The van der Waals surface area contributed by atoms with Crippen LogP contribution >= 0.6 is 0 Å². The maximum absolute atomic E-state index is 12.2. The summed E-state index contributed by atoms with van der Waals surface area (Å²) in [5.74, 6) is 1.50. The zero-order valence-electron chi connectivity index (χ0n) is 13.4. The summed E-state index contributed by atoms with van der Waals surface area (Å²) in [6.07, 6.45) is 1.12. The fourth-order valence-electron chi connectivity index (χ4n) is 2.93. The average molecular weight is 308 g/mol. The lowest BCUT2D eigenvalue weighted by molar-refractivity contribution is -0.129. The summed E-state index contributed by atoms with van der Waals surface area (Å²) >= 11 is 0. The second kappa shape index (κ2) is 7.47. The second-order valence-corrected chi connectivity index (χ2v) is 5.35. The van der Waals surface area contributed by atoms with Gasteiger partial charge in [-0.05, 0) is 24.6 Å². The highest BCUT2D eigenvalue weighted by molar-refractivity contribution is 5.80. The van der Waals surface area contributed by atoms with Gasteiger partial charge in [-0.3, -0.25) is 4.79 Å². The number of carbonyl (C=O) groups excluding carboxylic acids is 1. The molecule has 1 aliphatic rings. The van der Waals surface area contributed by atoms with E-state index in [0.29, 0.717) is 25.3 Å². The smallest absolute Gasteiger partial charge is 0.224 e. The molecule has 0 saturated carbocycles. The Morgan fingerprint density at radius 2 is 2.05 bits per heavy atom. The maximum atomic E-state index is 12.2. The number of amides is 1. The van der Waals surface area contributed by atoms with E-state index in [1.54, 1.807) is 21.3 Å². The maximum Gasteiger partial charge on any atom is 0.224 e. The number of hydrogen-bond donors (Lipinski definition) is 1. The molecule has 6 heteroatoms. The molecule has 1 saturated heterocycles. The van der Waals surface area contributed by atoms with E-state index in [0.717, 1.165) is 17.7 Å². The van der Waals surface area contributed by atoms with Gasteiger partial charge in [0.1, 0.15) is 11.5 Å². The second-order valence-electron chi connectivity index (χ2n) is 5.35. The number of ether oxygens (including phenoxy) is 3. The first-order chi connectivity index (χ1) is 10.6. The van der Waals surface area contributed by atoms with Gasteiger partial charge >= 0.3 is 0 Å². The summed E-state index contributed by atoms with van der Waals surface area (Å²) in [7, 11) is 4.88. The highest BCUT2D eigenvalue weighted by atomic mass is 16.5. The first-order valence-electron chi connectivity index (χ1n) is 7.38. The van der Waals surface area contributed by atoms with Crippen molar-refractivity contribution >= 4 is 5.91 Å². The number of benzene rings is 1. The third kappa shape index (κ3) is 3.34. The van der Waals surface area contributed by atoms with Gasteiger partial charge in [-0.1, -0.05) is 0 Å². The summed E-state index contributed by atoms with van der Waals surface area (Å²) in [4.78, 5) is 14.1. The van der Waals surface area contributed by atoms with Crippen LogP contribution in [-0.2, 0) is 9.53 Å². The molecule has 2 unspecified atom stereocenters. The molecule has 2 atom stereocenters. The van der Waals surface area contributed by atoms with Gasteiger partial charge in [0.25, 0.3) is 0 Å². The van der Waals surface area contributed by atoms with E-state index in [4.69, 9.17) is 19.9 Å². The molecule has 0 radical (unpaired) electrons. The van der Waals surface area contributed by atoms with E-state index in [2.05, 4.69) is 0 Å². The number of methoxy groups -OCH3 is 3. The largest absolute Gasteiger partial charge is 0.497 e. The number of hydrogen-bond acceptors (Lipinski definition) is 5. The molecule has 1 amide bonds. The Morgan fingerprint density at radius 3 is 2.68 bits per heavy atom. The molecule has 1 heterocycles. The third-order valence-corrected chi connectivity index (χ3v) is 3.97. The minimum Gasteiger partial charge on any atom is -0.497 e. The van der Waals surface area contributed by atoms with E-state index in [-0.39, 0.29) is 18.0 Å². The Hall–Kier alpha value is -1.79. The lowest BCUT2D eigenvalue weighted by atomic mass is 9.99. The molecule has 0 spiro atoms. The first-order valence-corrected chi connectivity index (χ1v) is 7.38. The fourth-order valence-corrected chi connectivity index (χ4v) is 2.93. The fraction of sp³-hybridized carbons (Fsp3) is 0.562. The van der Waals surface area contributed by atoms with Crippen molar-refractivity contribution in [2.24, 2.45) is 5.73 Å². The molecular formula is C16H24N2O4. The lowest BCUT2D eigenvalue weighted by Gasteiger charge is -2.28. The number of rotatable bonds is 7. The van der Waals surface area contributed by atoms with Crippen LogP contribution in [0, 0.1) is 0 Å². The van der Waals surface area contributed by atoms with Crippen molar-refractivity contribution in [1.29, 1.82) is 0 Å². The SMILES string of the molecule is COCCCN1C(=O)CC(N)C1c1cc(OC)ccc1OC.